The van der Waals surface area contributed by atoms with E-state index in [0.29, 0.717) is 20.5 Å². The highest BCUT2D eigenvalue weighted by Crippen LogP contribution is 2.37. The summed E-state index contributed by atoms with van der Waals surface area (Å²) in [6.07, 6.45) is 3.12. The second-order valence-corrected chi connectivity index (χ2v) is 7.81. The molecule has 4 rings (SSSR count). The Morgan fingerprint density at radius 1 is 1.10 bits per heavy atom. The van der Waals surface area contributed by atoms with E-state index in [9.17, 15) is 9.59 Å². The van der Waals surface area contributed by atoms with Gasteiger partial charge < -0.3 is 13.9 Å². The molecule has 0 bridgehead atoms. The number of hydrogen-bond donors (Lipinski definition) is 0. The maximum Gasteiger partial charge on any atom is 0.379 e. The number of amides is 1. The highest BCUT2D eigenvalue weighted by Gasteiger charge is 2.33. The van der Waals surface area contributed by atoms with Crippen molar-refractivity contribution in [3.63, 3.8) is 0 Å². The first-order valence-corrected chi connectivity index (χ1v) is 10.1. The molecule has 2 aromatic carbocycles. The summed E-state index contributed by atoms with van der Waals surface area (Å²) in [5, 5.41) is 0. The van der Waals surface area contributed by atoms with Crippen molar-refractivity contribution >= 4 is 51.9 Å². The molecule has 0 spiro atoms. The van der Waals surface area contributed by atoms with Crippen molar-refractivity contribution in [1.82, 2.24) is 0 Å². The number of hydrogen-bond acceptors (Lipinski definition) is 7. The molecular formula is C22H15NO5S2. The van der Waals surface area contributed by atoms with Gasteiger partial charge in [0.25, 0.3) is 5.91 Å². The molecule has 0 unspecified atom stereocenters. The molecule has 1 saturated heterocycles. The van der Waals surface area contributed by atoms with Gasteiger partial charge in [-0.1, -0.05) is 48.2 Å². The van der Waals surface area contributed by atoms with E-state index in [2.05, 4.69) is 0 Å². The number of carbonyl (C=O) groups is 2. The highest BCUT2D eigenvalue weighted by atomic mass is 32.2. The van der Waals surface area contributed by atoms with E-state index in [1.165, 1.54) is 36.1 Å². The van der Waals surface area contributed by atoms with Crippen molar-refractivity contribution in [2.24, 2.45) is 0 Å². The molecule has 0 saturated carbocycles. The molecule has 6 nitrogen and oxygen atoms in total. The third kappa shape index (κ3) is 4.00. The van der Waals surface area contributed by atoms with Gasteiger partial charge in [0.15, 0.2) is 15.8 Å². The average Bonchev–Trinajstić information content (AvgIpc) is 3.38. The third-order valence-electron chi connectivity index (χ3n) is 4.22. The van der Waals surface area contributed by atoms with Crippen LogP contribution >= 0.6 is 24.0 Å². The number of thiocarbonyl (C=S) groups is 1. The van der Waals surface area contributed by atoms with Gasteiger partial charge in [-0.05, 0) is 48.0 Å². The van der Waals surface area contributed by atoms with E-state index in [4.69, 9.17) is 26.1 Å². The minimum absolute atomic E-state index is 0.0886. The second kappa shape index (κ2) is 8.56. The largest absolute Gasteiger partial charge is 0.493 e. The number of para-hydroxylation sites is 1. The Morgan fingerprint density at radius 2 is 1.90 bits per heavy atom. The highest BCUT2D eigenvalue weighted by molar-refractivity contribution is 8.27. The SMILES string of the molecule is COc1cc(/C=C2/SC(=S)N(c3ccccc3)C2=O)ccc1OC(=O)c1ccco1. The summed E-state index contributed by atoms with van der Waals surface area (Å²) in [6, 6.07) is 17.4. The van der Waals surface area contributed by atoms with Gasteiger partial charge in [0.2, 0.25) is 5.76 Å². The third-order valence-corrected chi connectivity index (χ3v) is 5.52. The second-order valence-electron chi connectivity index (χ2n) is 6.13. The number of thioether (sulfide) groups is 1. The zero-order valence-electron chi connectivity index (χ0n) is 15.7. The van der Waals surface area contributed by atoms with Crippen molar-refractivity contribution in [2.45, 2.75) is 0 Å². The quantitative estimate of drug-likeness (QED) is 0.243. The Balaban J connectivity index is 1.57. The lowest BCUT2D eigenvalue weighted by Crippen LogP contribution is -2.27. The van der Waals surface area contributed by atoms with Gasteiger partial charge in [0.05, 0.1) is 24.0 Å². The Labute approximate surface area is 182 Å². The molecule has 0 aliphatic carbocycles. The monoisotopic (exact) mass is 437 g/mol. The lowest BCUT2D eigenvalue weighted by molar-refractivity contribution is -0.113. The fourth-order valence-electron chi connectivity index (χ4n) is 2.82. The molecule has 30 heavy (non-hydrogen) atoms. The van der Waals surface area contributed by atoms with Gasteiger partial charge >= 0.3 is 5.97 Å². The van der Waals surface area contributed by atoms with Crippen molar-refractivity contribution in [3.8, 4) is 11.5 Å². The molecule has 0 N–H and O–H groups in total. The lowest BCUT2D eigenvalue weighted by atomic mass is 10.1. The summed E-state index contributed by atoms with van der Waals surface area (Å²) >= 11 is 6.61. The van der Waals surface area contributed by atoms with Crippen molar-refractivity contribution in [3.05, 3.63) is 83.2 Å². The summed E-state index contributed by atoms with van der Waals surface area (Å²) in [4.78, 5) is 27.0. The molecule has 3 aromatic rings. The van der Waals surface area contributed by atoms with Crippen LogP contribution in [0.25, 0.3) is 6.08 Å². The van der Waals surface area contributed by atoms with Crippen LogP contribution in [0.4, 0.5) is 5.69 Å². The Morgan fingerprint density at radius 3 is 2.60 bits per heavy atom. The fourth-order valence-corrected chi connectivity index (χ4v) is 4.12. The summed E-state index contributed by atoms with van der Waals surface area (Å²) in [6.45, 7) is 0. The number of ether oxygens (including phenoxy) is 2. The normalized spacial score (nSPS) is 15.0. The van der Waals surface area contributed by atoms with Gasteiger partial charge in [-0.2, -0.15) is 0 Å². The van der Waals surface area contributed by atoms with Gasteiger partial charge in [-0.25, -0.2) is 4.79 Å². The first-order valence-electron chi connectivity index (χ1n) is 8.83. The molecule has 1 amide bonds. The molecular weight excluding hydrogens is 422 g/mol. The zero-order valence-corrected chi connectivity index (χ0v) is 17.4. The van der Waals surface area contributed by atoms with Crippen LogP contribution in [0.15, 0.2) is 76.2 Å². The van der Waals surface area contributed by atoms with E-state index >= 15 is 0 Å². The van der Waals surface area contributed by atoms with E-state index in [0.717, 1.165) is 5.69 Å². The zero-order chi connectivity index (χ0) is 21.1. The van der Waals surface area contributed by atoms with Crippen molar-refractivity contribution < 1.29 is 23.5 Å². The number of esters is 1. The molecule has 1 aromatic heterocycles. The van der Waals surface area contributed by atoms with Crippen LogP contribution in [0.5, 0.6) is 11.5 Å². The predicted molar refractivity (Wildman–Crippen MR) is 119 cm³/mol. The fraction of sp³-hybridized carbons (Fsp3) is 0.0455. The predicted octanol–water partition coefficient (Wildman–Crippen LogP) is 4.91. The average molecular weight is 437 g/mol. The number of nitrogens with zero attached hydrogens (tertiary/aromatic N) is 1. The van der Waals surface area contributed by atoms with E-state index < -0.39 is 5.97 Å². The molecule has 0 atom stereocenters. The summed E-state index contributed by atoms with van der Waals surface area (Å²) < 4.78 is 16.2. The van der Waals surface area contributed by atoms with Crippen LogP contribution in [-0.2, 0) is 4.79 Å². The minimum atomic E-state index is -0.630. The maximum absolute atomic E-state index is 12.9. The standard InChI is InChI=1S/C22H15NO5S2/c1-26-18-12-14(9-10-16(18)28-21(25)17-8-5-11-27-17)13-19-20(24)23(22(29)30-19)15-6-3-2-4-7-15/h2-13H,1H3/b19-13+. The van der Waals surface area contributed by atoms with Crippen LogP contribution < -0.4 is 14.4 Å². The van der Waals surface area contributed by atoms with Gasteiger partial charge in [0.1, 0.15) is 0 Å². The van der Waals surface area contributed by atoms with Crippen LogP contribution in [0.3, 0.4) is 0 Å². The molecule has 1 fully saturated rings. The van der Waals surface area contributed by atoms with E-state index in [-0.39, 0.29) is 17.4 Å². The van der Waals surface area contributed by atoms with Crippen LogP contribution in [0, 0.1) is 0 Å². The number of carbonyl (C=O) groups excluding carboxylic acids is 2. The van der Waals surface area contributed by atoms with E-state index in [1.54, 1.807) is 30.3 Å². The van der Waals surface area contributed by atoms with Gasteiger partial charge in [-0.3, -0.25) is 9.69 Å². The molecule has 0 radical (unpaired) electrons. The van der Waals surface area contributed by atoms with E-state index in [1.807, 2.05) is 30.3 Å². The Kier molecular flexibility index (Phi) is 5.69. The minimum Gasteiger partial charge on any atom is -0.493 e. The maximum atomic E-state index is 12.9. The molecule has 8 heteroatoms. The number of rotatable bonds is 5. The summed E-state index contributed by atoms with van der Waals surface area (Å²) in [7, 11) is 1.47. The molecule has 2 heterocycles. The number of methoxy groups -OCH3 is 1. The van der Waals surface area contributed by atoms with Crippen molar-refractivity contribution in [2.75, 3.05) is 12.0 Å². The lowest BCUT2D eigenvalue weighted by Gasteiger charge is -2.13. The van der Waals surface area contributed by atoms with Crippen LogP contribution in [0.1, 0.15) is 16.1 Å². The summed E-state index contributed by atoms with van der Waals surface area (Å²) in [5.41, 5.74) is 1.43. The first-order chi connectivity index (χ1) is 14.6. The topological polar surface area (TPSA) is 69.0 Å². The Bertz CT molecular complexity index is 1140. The van der Waals surface area contributed by atoms with Gasteiger partial charge in [0, 0.05) is 0 Å². The Hall–Kier alpha value is -3.36. The van der Waals surface area contributed by atoms with Crippen molar-refractivity contribution in [1.29, 1.82) is 0 Å². The number of furan rings is 1. The number of benzene rings is 2. The number of anilines is 1. The smallest absolute Gasteiger partial charge is 0.379 e. The first kappa shape index (κ1) is 19.9. The van der Waals surface area contributed by atoms with Crippen LogP contribution in [-0.4, -0.2) is 23.3 Å². The summed E-state index contributed by atoms with van der Waals surface area (Å²) in [5.74, 6) is -0.140. The van der Waals surface area contributed by atoms with Gasteiger partial charge in [-0.15, -0.1) is 0 Å². The molecule has 1 aliphatic heterocycles. The van der Waals surface area contributed by atoms with Crippen LogP contribution in [0.2, 0.25) is 0 Å². The molecule has 1 aliphatic rings. The molecule has 150 valence electrons.